The first-order valence-corrected chi connectivity index (χ1v) is 8.31. The zero-order valence-electron chi connectivity index (χ0n) is 12.2. The van der Waals surface area contributed by atoms with Crippen LogP contribution < -0.4 is 21.3 Å². The van der Waals surface area contributed by atoms with Gasteiger partial charge in [-0.05, 0) is 26.0 Å². The molecule has 0 spiro atoms. The number of hydrogen-bond acceptors (Lipinski definition) is 7. The minimum absolute atomic E-state index is 0.213. The van der Waals surface area contributed by atoms with Crippen LogP contribution in [-0.4, -0.2) is 32.0 Å². The molecule has 0 aromatic heterocycles. The van der Waals surface area contributed by atoms with Crippen molar-refractivity contribution in [2.45, 2.75) is 30.8 Å². The van der Waals surface area contributed by atoms with Crippen LogP contribution in [0.15, 0.2) is 23.1 Å². The lowest BCUT2D eigenvalue weighted by Crippen LogP contribution is -2.30. The second-order valence-corrected chi connectivity index (χ2v) is 6.95. The average molecular weight is 329 g/mol. The maximum Gasteiger partial charge on any atom is 0.293 e. The van der Waals surface area contributed by atoms with Gasteiger partial charge in [0.15, 0.2) is 0 Å². The van der Waals surface area contributed by atoms with Crippen molar-refractivity contribution in [3.05, 3.63) is 28.3 Å². The standard InChI is InChI=1S/C12H19N5O4S/c1-7-10(8(2)16-15-7)6-14-11-4-3-9(22(13,20)21)5-12(11)17(18)19/h3-5,7-8,10,14-16H,6H2,1-2H3,(H2,13,20,21). The highest BCUT2D eigenvalue weighted by atomic mass is 32.2. The lowest BCUT2D eigenvalue weighted by Gasteiger charge is -2.19. The SMILES string of the molecule is CC1NNC(C)C1CNc1ccc(S(N)(=O)=O)cc1[N+](=O)[O-]. The van der Waals surface area contributed by atoms with Crippen molar-refractivity contribution in [1.82, 2.24) is 10.9 Å². The van der Waals surface area contributed by atoms with Gasteiger partial charge in [0, 0.05) is 30.6 Å². The van der Waals surface area contributed by atoms with Crippen LogP contribution in [0.5, 0.6) is 0 Å². The molecule has 1 aliphatic rings. The van der Waals surface area contributed by atoms with Crippen LogP contribution in [0.2, 0.25) is 0 Å². The van der Waals surface area contributed by atoms with Gasteiger partial charge in [-0.15, -0.1) is 0 Å². The average Bonchev–Trinajstić information content (AvgIpc) is 2.74. The third kappa shape index (κ3) is 3.53. The van der Waals surface area contributed by atoms with Gasteiger partial charge in [0.25, 0.3) is 5.69 Å². The van der Waals surface area contributed by atoms with Crippen molar-refractivity contribution in [3.63, 3.8) is 0 Å². The van der Waals surface area contributed by atoms with Gasteiger partial charge < -0.3 is 5.32 Å². The third-order valence-corrected chi connectivity index (χ3v) is 4.76. The number of nitrogens with one attached hydrogen (secondary N) is 3. The monoisotopic (exact) mass is 329 g/mol. The van der Waals surface area contributed by atoms with Gasteiger partial charge in [-0.3, -0.25) is 21.0 Å². The van der Waals surface area contributed by atoms with Crippen molar-refractivity contribution < 1.29 is 13.3 Å². The van der Waals surface area contributed by atoms with E-state index in [0.29, 0.717) is 6.54 Å². The summed E-state index contributed by atoms with van der Waals surface area (Å²) in [6, 6.07) is 4.01. The van der Waals surface area contributed by atoms with Crippen LogP contribution >= 0.6 is 0 Å². The van der Waals surface area contributed by atoms with Gasteiger partial charge in [0.05, 0.1) is 9.82 Å². The molecule has 1 fully saturated rings. The van der Waals surface area contributed by atoms with Crippen LogP contribution in [0.3, 0.4) is 0 Å². The number of hydrogen-bond donors (Lipinski definition) is 4. The van der Waals surface area contributed by atoms with Crippen molar-refractivity contribution in [2.24, 2.45) is 11.1 Å². The molecule has 10 heteroatoms. The predicted molar refractivity (Wildman–Crippen MR) is 81.6 cm³/mol. The fraction of sp³-hybridized carbons (Fsp3) is 0.500. The highest BCUT2D eigenvalue weighted by molar-refractivity contribution is 7.89. The summed E-state index contributed by atoms with van der Waals surface area (Å²) in [5, 5.41) is 19.1. The molecule has 0 bridgehead atoms. The fourth-order valence-electron chi connectivity index (χ4n) is 2.48. The first-order valence-electron chi connectivity index (χ1n) is 6.76. The van der Waals surface area contributed by atoms with Crippen molar-refractivity contribution in [1.29, 1.82) is 0 Å². The van der Waals surface area contributed by atoms with Crippen LogP contribution in [-0.2, 0) is 10.0 Å². The van der Waals surface area contributed by atoms with Gasteiger partial charge >= 0.3 is 0 Å². The Bertz CT molecular complexity index is 668. The fourth-order valence-corrected chi connectivity index (χ4v) is 3.01. The number of nitro groups is 1. The minimum atomic E-state index is -3.98. The summed E-state index contributed by atoms with van der Waals surface area (Å²) >= 11 is 0. The number of nitrogens with zero attached hydrogens (tertiary/aromatic N) is 1. The van der Waals surface area contributed by atoms with Gasteiger partial charge in [0.1, 0.15) is 5.69 Å². The maximum absolute atomic E-state index is 11.3. The van der Waals surface area contributed by atoms with Crippen LogP contribution in [0.4, 0.5) is 11.4 Å². The molecule has 9 nitrogen and oxygen atoms in total. The highest BCUT2D eigenvalue weighted by Crippen LogP contribution is 2.28. The Kier molecular flexibility index (Phi) is 4.66. The predicted octanol–water partition coefficient (Wildman–Crippen LogP) is 0.155. The number of nitrogens with two attached hydrogens (primary N) is 1. The molecular formula is C12H19N5O4S. The molecule has 2 atom stereocenters. The molecule has 1 aromatic rings. The first kappa shape index (κ1) is 16.6. The smallest absolute Gasteiger partial charge is 0.293 e. The van der Waals surface area contributed by atoms with Crippen LogP contribution in [0, 0.1) is 16.0 Å². The Balaban J connectivity index is 2.22. The van der Waals surface area contributed by atoms with E-state index in [-0.39, 0.29) is 34.3 Å². The molecule has 5 N–H and O–H groups in total. The van der Waals surface area contributed by atoms with E-state index in [4.69, 9.17) is 5.14 Å². The van der Waals surface area contributed by atoms with E-state index in [1.807, 2.05) is 13.8 Å². The van der Waals surface area contributed by atoms with E-state index >= 15 is 0 Å². The lowest BCUT2D eigenvalue weighted by atomic mass is 9.96. The molecule has 2 unspecified atom stereocenters. The first-order chi connectivity index (χ1) is 10.2. The molecule has 122 valence electrons. The topological polar surface area (TPSA) is 139 Å². The van der Waals surface area contributed by atoms with Crippen LogP contribution in [0.25, 0.3) is 0 Å². The van der Waals surface area contributed by atoms with Gasteiger partial charge in [-0.2, -0.15) is 0 Å². The molecule has 0 radical (unpaired) electrons. The van der Waals surface area contributed by atoms with Crippen LogP contribution in [0.1, 0.15) is 13.8 Å². The van der Waals surface area contributed by atoms with Gasteiger partial charge in [-0.25, -0.2) is 13.6 Å². The maximum atomic E-state index is 11.3. The highest BCUT2D eigenvalue weighted by Gasteiger charge is 2.30. The summed E-state index contributed by atoms with van der Waals surface area (Å²) in [6.07, 6.45) is 0. The Hall–Kier alpha value is -1.75. The number of hydrazine groups is 1. The molecular weight excluding hydrogens is 310 g/mol. The summed E-state index contributed by atoms with van der Waals surface area (Å²) in [5.74, 6) is 0.234. The number of nitro benzene ring substituents is 1. The van der Waals surface area contributed by atoms with E-state index in [9.17, 15) is 18.5 Å². The number of anilines is 1. The Labute approximate surface area is 128 Å². The molecule has 2 rings (SSSR count). The molecule has 0 saturated carbocycles. The summed E-state index contributed by atoms with van der Waals surface area (Å²) in [4.78, 5) is 10.2. The van der Waals surface area contributed by atoms with Crippen molar-refractivity contribution in [2.75, 3.05) is 11.9 Å². The zero-order chi connectivity index (χ0) is 16.5. The second kappa shape index (κ2) is 6.16. The summed E-state index contributed by atoms with van der Waals surface area (Å²) in [5.41, 5.74) is 6.16. The largest absolute Gasteiger partial charge is 0.379 e. The molecule has 0 aliphatic carbocycles. The Morgan fingerprint density at radius 1 is 1.32 bits per heavy atom. The number of sulfonamides is 1. The van der Waals surface area contributed by atoms with Gasteiger partial charge in [-0.1, -0.05) is 0 Å². The second-order valence-electron chi connectivity index (χ2n) is 5.39. The zero-order valence-corrected chi connectivity index (χ0v) is 13.1. The number of rotatable bonds is 5. The number of primary sulfonamides is 1. The van der Waals surface area contributed by atoms with E-state index < -0.39 is 14.9 Å². The quantitative estimate of drug-likeness (QED) is 0.445. The summed E-state index contributed by atoms with van der Waals surface area (Å²) < 4.78 is 22.6. The minimum Gasteiger partial charge on any atom is -0.379 e. The lowest BCUT2D eigenvalue weighted by molar-refractivity contribution is -0.384. The molecule has 1 saturated heterocycles. The molecule has 1 aromatic carbocycles. The van der Waals surface area contributed by atoms with Gasteiger partial charge in [0.2, 0.25) is 10.0 Å². The summed E-state index contributed by atoms with van der Waals surface area (Å²) in [6.45, 7) is 4.54. The molecule has 22 heavy (non-hydrogen) atoms. The van der Waals surface area contributed by atoms with E-state index in [1.54, 1.807) is 0 Å². The Morgan fingerprint density at radius 2 is 1.91 bits per heavy atom. The molecule has 1 aliphatic heterocycles. The third-order valence-electron chi connectivity index (χ3n) is 3.85. The summed E-state index contributed by atoms with van der Waals surface area (Å²) in [7, 11) is -3.98. The van der Waals surface area contributed by atoms with Crippen molar-refractivity contribution >= 4 is 21.4 Å². The van der Waals surface area contributed by atoms with E-state index in [2.05, 4.69) is 16.2 Å². The number of benzene rings is 1. The van der Waals surface area contributed by atoms with E-state index in [1.165, 1.54) is 12.1 Å². The van der Waals surface area contributed by atoms with Crippen molar-refractivity contribution in [3.8, 4) is 0 Å². The molecule has 0 amide bonds. The Morgan fingerprint density at radius 3 is 2.41 bits per heavy atom. The van der Waals surface area contributed by atoms with E-state index in [0.717, 1.165) is 6.07 Å². The molecule has 1 heterocycles. The normalized spacial score (nSPS) is 25.1.